The van der Waals surface area contributed by atoms with Gasteiger partial charge in [0.1, 0.15) is 18.1 Å². The molecule has 0 saturated heterocycles. The van der Waals surface area contributed by atoms with Crippen molar-refractivity contribution in [3.63, 3.8) is 0 Å². The molecule has 2 aromatic rings. The average Bonchev–Trinajstić information content (AvgIpc) is 2.66. The van der Waals surface area contributed by atoms with Gasteiger partial charge in [0.25, 0.3) is 5.91 Å². The smallest absolute Gasteiger partial charge is 0.344 e. The third kappa shape index (κ3) is 6.10. The van der Waals surface area contributed by atoms with E-state index in [1.54, 1.807) is 55.5 Å². The summed E-state index contributed by atoms with van der Waals surface area (Å²) in [6.07, 6.45) is 0. The molecule has 0 radical (unpaired) electrons. The molecule has 0 bridgehead atoms. The van der Waals surface area contributed by atoms with Crippen LogP contribution >= 0.6 is 0 Å². The van der Waals surface area contributed by atoms with Crippen molar-refractivity contribution >= 4 is 17.6 Å². The van der Waals surface area contributed by atoms with Gasteiger partial charge in [0.05, 0.1) is 13.2 Å². The Morgan fingerprint density at radius 2 is 1.58 bits per heavy atom. The molecule has 0 aliphatic rings. The highest BCUT2D eigenvalue weighted by atomic mass is 16.6. The van der Waals surface area contributed by atoms with Gasteiger partial charge < -0.3 is 24.6 Å². The maximum absolute atomic E-state index is 12.2. The molecular formula is C19H21NO6. The predicted molar refractivity (Wildman–Crippen MR) is 95.5 cm³/mol. The molecule has 7 heteroatoms. The Kier molecular flexibility index (Phi) is 7.45. The van der Waals surface area contributed by atoms with Crippen LogP contribution in [0.5, 0.6) is 11.5 Å². The van der Waals surface area contributed by atoms with Crippen LogP contribution in [0, 0.1) is 0 Å². The summed E-state index contributed by atoms with van der Waals surface area (Å²) in [6, 6.07) is 13.3. The fourth-order valence-corrected chi connectivity index (χ4v) is 2.05. The van der Waals surface area contributed by atoms with Crippen molar-refractivity contribution in [3.05, 3.63) is 54.1 Å². The normalized spacial score (nSPS) is 10.1. The van der Waals surface area contributed by atoms with E-state index in [0.717, 1.165) is 0 Å². The molecule has 2 rings (SSSR count). The maximum Gasteiger partial charge on any atom is 0.344 e. The molecule has 1 amide bonds. The zero-order valence-corrected chi connectivity index (χ0v) is 14.4. The lowest BCUT2D eigenvalue weighted by Crippen LogP contribution is -2.14. The molecular weight excluding hydrogens is 338 g/mol. The predicted octanol–water partition coefficient (Wildman–Crippen LogP) is 2.25. The SMILES string of the molecule is CCOC(=O)COc1ccc(NC(=O)c2ccc(OCCO)cc2)cc1. The topological polar surface area (TPSA) is 94.1 Å². The van der Waals surface area contributed by atoms with E-state index in [-0.39, 0.29) is 25.7 Å². The van der Waals surface area contributed by atoms with Crippen LogP contribution in [0.25, 0.3) is 0 Å². The molecule has 7 nitrogen and oxygen atoms in total. The van der Waals surface area contributed by atoms with Crippen molar-refractivity contribution in [1.29, 1.82) is 0 Å². The Labute approximate surface area is 151 Å². The quantitative estimate of drug-likeness (QED) is 0.667. The van der Waals surface area contributed by atoms with Gasteiger partial charge in [-0.15, -0.1) is 0 Å². The summed E-state index contributed by atoms with van der Waals surface area (Å²) in [7, 11) is 0. The fourth-order valence-electron chi connectivity index (χ4n) is 2.05. The van der Waals surface area contributed by atoms with E-state index in [1.165, 1.54) is 0 Å². The van der Waals surface area contributed by atoms with Crippen molar-refractivity contribution in [1.82, 2.24) is 0 Å². The first-order chi connectivity index (χ1) is 12.6. The molecule has 0 aromatic heterocycles. The lowest BCUT2D eigenvalue weighted by Gasteiger charge is -2.09. The van der Waals surface area contributed by atoms with Crippen molar-refractivity contribution in [2.75, 3.05) is 31.7 Å². The van der Waals surface area contributed by atoms with Gasteiger partial charge >= 0.3 is 5.97 Å². The molecule has 0 fully saturated rings. The van der Waals surface area contributed by atoms with Crippen LogP contribution in [0.1, 0.15) is 17.3 Å². The second-order valence-corrected chi connectivity index (χ2v) is 5.17. The van der Waals surface area contributed by atoms with E-state index in [2.05, 4.69) is 5.32 Å². The van der Waals surface area contributed by atoms with Gasteiger partial charge in [0.2, 0.25) is 0 Å². The number of aliphatic hydroxyl groups is 1. The highest BCUT2D eigenvalue weighted by molar-refractivity contribution is 6.04. The van der Waals surface area contributed by atoms with Crippen LogP contribution in [0.15, 0.2) is 48.5 Å². The molecule has 138 valence electrons. The van der Waals surface area contributed by atoms with Gasteiger partial charge in [-0.25, -0.2) is 4.79 Å². The molecule has 0 aliphatic heterocycles. The van der Waals surface area contributed by atoms with Crippen molar-refractivity contribution in [2.45, 2.75) is 6.92 Å². The number of rotatable bonds is 9. The lowest BCUT2D eigenvalue weighted by molar-refractivity contribution is -0.145. The number of carbonyl (C=O) groups is 2. The summed E-state index contributed by atoms with van der Waals surface area (Å²) in [6.45, 7) is 2.01. The Morgan fingerprint density at radius 1 is 0.962 bits per heavy atom. The number of carbonyl (C=O) groups excluding carboxylic acids is 2. The van der Waals surface area contributed by atoms with Gasteiger partial charge in [-0.05, 0) is 55.5 Å². The number of anilines is 1. The Bertz CT molecular complexity index is 712. The summed E-state index contributed by atoms with van der Waals surface area (Å²) in [5, 5.41) is 11.5. The van der Waals surface area contributed by atoms with Gasteiger partial charge in [0.15, 0.2) is 6.61 Å². The van der Waals surface area contributed by atoms with Gasteiger partial charge in [-0.1, -0.05) is 0 Å². The minimum Gasteiger partial charge on any atom is -0.491 e. The van der Waals surface area contributed by atoms with Crippen LogP contribution < -0.4 is 14.8 Å². The molecule has 0 saturated carbocycles. The van der Waals surface area contributed by atoms with E-state index in [1.807, 2.05) is 0 Å². The minimum absolute atomic E-state index is 0.0677. The van der Waals surface area contributed by atoms with Crippen LogP contribution in [-0.2, 0) is 9.53 Å². The van der Waals surface area contributed by atoms with E-state index in [0.29, 0.717) is 29.4 Å². The third-order valence-electron chi connectivity index (χ3n) is 3.25. The first kappa shape index (κ1) is 19.3. The summed E-state index contributed by atoms with van der Waals surface area (Å²) in [5.41, 5.74) is 1.07. The van der Waals surface area contributed by atoms with Crippen LogP contribution in [0.4, 0.5) is 5.69 Å². The highest BCUT2D eigenvalue weighted by Gasteiger charge is 2.07. The van der Waals surface area contributed by atoms with Gasteiger partial charge in [-0.2, -0.15) is 0 Å². The Balaban J connectivity index is 1.87. The number of nitrogens with one attached hydrogen (secondary N) is 1. The van der Waals surface area contributed by atoms with E-state index >= 15 is 0 Å². The van der Waals surface area contributed by atoms with Gasteiger partial charge in [0, 0.05) is 11.3 Å². The molecule has 26 heavy (non-hydrogen) atoms. The molecule has 0 atom stereocenters. The number of ether oxygens (including phenoxy) is 3. The third-order valence-corrected chi connectivity index (χ3v) is 3.25. The van der Waals surface area contributed by atoms with Crippen LogP contribution in [-0.4, -0.2) is 43.4 Å². The molecule has 2 aromatic carbocycles. The summed E-state index contributed by atoms with van der Waals surface area (Å²) in [5.74, 6) is 0.385. The number of amides is 1. The second-order valence-electron chi connectivity index (χ2n) is 5.17. The first-order valence-electron chi connectivity index (χ1n) is 8.16. The summed E-state index contributed by atoms with van der Waals surface area (Å²) < 4.78 is 15.3. The second kappa shape index (κ2) is 10.0. The zero-order chi connectivity index (χ0) is 18.8. The molecule has 2 N–H and O–H groups in total. The van der Waals surface area contributed by atoms with Crippen LogP contribution in [0.2, 0.25) is 0 Å². The Hall–Kier alpha value is -3.06. The standard InChI is InChI=1S/C19H21NO6/c1-2-24-18(22)13-26-17-9-5-15(6-10-17)20-19(23)14-3-7-16(8-4-14)25-12-11-21/h3-10,21H,2,11-13H2,1H3,(H,20,23). The molecule has 0 aliphatic carbocycles. The van der Waals surface area contributed by atoms with Gasteiger partial charge in [-0.3, -0.25) is 4.79 Å². The molecule has 0 spiro atoms. The monoisotopic (exact) mass is 359 g/mol. The first-order valence-corrected chi connectivity index (χ1v) is 8.16. The lowest BCUT2D eigenvalue weighted by atomic mass is 10.2. The minimum atomic E-state index is -0.434. The summed E-state index contributed by atoms with van der Waals surface area (Å²) >= 11 is 0. The number of hydrogen-bond donors (Lipinski definition) is 2. The number of hydrogen-bond acceptors (Lipinski definition) is 6. The van der Waals surface area contributed by atoms with E-state index in [4.69, 9.17) is 19.3 Å². The van der Waals surface area contributed by atoms with Crippen molar-refractivity contribution in [2.24, 2.45) is 0 Å². The molecule has 0 heterocycles. The van der Waals surface area contributed by atoms with E-state index in [9.17, 15) is 9.59 Å². The maximum atomic E-state index is 12.2. The highest BCUT2D eigenvalue weighted by Crippen LogP contribution is 2.18. The van der Waals surface area contributed by atoms with Crippen molar-refractivity contribution in [3.8, 4) is 11.5 Å². The largest absolute Gasteiger partial charge is 0.491 e. The summed E-state index contributed by atoms with van der Waals surface area (Å²) in [4.78, 5) is 23.5. The van der Waals surface area contributed by atoms with E-state index < -0.39 is 5.97 Å². The Morgan fingerprint density at radius 3 is 2.19 bits per heavy atom. The number of benzene rings is 2. The fraction of sp³-hybridized carbons (Fsp3) is 0.263. The van der Waals surface area contributed by atoms with Crippen LogP contribution in [0.3, 0.4) is 0 Å². The molecule has 0 unspecified atom stereocenters. The zero-order valence-electron chi connectivity index (χ0n) is 14.4. The number of aliphatic hydroxyl groups excluding tert-OH is 1. The average molecular weight is 359 g/mol. The number of esters is 1. The van der Waals surface area contributed by atoms with Crippen molar-refractivity contribution < 1.29 is 28.9 Å².